The number of nitrogens with zero attached hydrogens (tertiary/aromatic N) is 14. The van der Waals surface area contributed by atoms with Crippen molar-refractivity contribution < 1.29 is 33.7 Å². The van der Waals surface area contributed by atoms with Crippen molar-refractivity contribution in [2.75, 3.05) is 120 Å². The molecule has 352 valence electrons. The molecule has 24 nitrogen and oxygen atoms in total. The third kappa shape index (κ3) is 16.0. The predicted molar refractivity (Wildman–Crippen MR) is 238 cm³/mol. The van der Waals surface area contributed by atoms with Gasteiger partial charge in [0, 0.05) is 84.3 Å². The summed E-state index contributed by atoms with van der Waals surface area (Å²) in [5.74, 6) is 2.67. The maximum absolute atomic E-state index is 14.0. The highest BCUT2D eigenvalue weighted by atomic mass is 35.5. The van der Waals surface area contributed by atoms with Crippen LogP contribution >= 0.6 is 12.4 Å². The number of rotatable bonds is 26. The third-order valence-corrected chi connectivity index (χ3v) is 10.5. The lowest BCUT2D eigenvalue weighted by molar-refractivity contribution is -0.138. The third-order valence-electron chi connectivity index (χ3n) is 10.5. The molecule has 0 radical (unpaired) electrons. The lowest BCUT2D eigenvalue weighted by Gasteiger charge is -2.38. The number of halogens is 1. The van der Waals surface area contributed by atoms with Crippen molar-refractivity contribution in [2.45, 2.75) is 58.5 Å². The predicted octanol–water partition coefficient (Wildman–Crippen LogP) is -0.921. The molecule has 0 spiro atoms. The topological polar surface area (TPSA) is 289 Å². The number of carboxylic acids is 1. The first kappa shape index (κ1) is 50.7. The number of amides is 2. The van der Waals surface area contributed by atoms with E-state index in [2.05, 4.69) is 36.9 Å². The molecule has 0 bridgehead atoms. The normalized spacial score (nSPS) is 15.0. The van der Waals surface area contributed by atoms with E-state index in [1.54, 1.807) is 26.7 Å². The minimum absolute atomic E-state index is 0. The Hall–Kier alpha value is -5.90. The summed E-state index contributed by atoms with van der Waals surface area (Å²) >= 11 is 0. The van der Waals surface area contributed by atoms with E-state index >= 15 is 0 Å². The largest absolute Gasteiger partial charge is 0.481 e. The first-order chi connectivity index (χ1) is 30.5. The highest BCUT2D eigenvalue weighted by Crippen LogP contribution is 2.25. The number of carboxylic acid groups (broad SMARTS) is 1. The number of anilines is 3. The van der Waals surface area contributed by atoms with Gasteiger partial charge in [-0.3, -0.25) is 19.4 Å². The van der Waals surface area contributed by atoms with Gasteiger partial charge < -0.3 is 55.7 Å². The fourth-order valence-corrected chi connectivity index (χ4v) is 6.87. The van der Waals surface area contributed by atoms with Gasteiger partial charge in [-0.2, -0.15) is 15.0 Å². The summed E-state index contributed by atoms with van der Waals surface area (Å²) in [6, 6.07) is -0.582. The Morgan fingerprint density at radius 2 is 1.47 bits per heavy atom. The van der Waals surface area contributed by atoms with Gasteiger partial charge in [0.05, 0.1) is 50.8 Å². The Bertz CT molecular complexity index is 1970. The van der Waals surface area contributed by atoms with E-state index in [9.17, 15) is 14.4 Å². The maximum atomic E-state index is 14.0. The van der Waals surface area contributed by atoms with Crippen molar-refractivity contribution in [2.24, 2.45) is 22.4 Å². The molecule has 2 amide bonds. The van der Waals surface area contributed by atoms with Crippen LogP contribution in [0.5, 0.6) is 0 Å². The number of aryl methyl sites for hydroxylation is 2. The Labute approximate surface area is 378 Å². The quantitative estimate of drug-likeness (QED) is 0.0328. The summed E-state index contributed by atoms with van der Waals surface area (Å²) in [5.41, 5.74) is 12.1. The Kier molecular flexibility index (Phi) is 21.1. The molecule has 2 aliphatic heterocycles. The second kappa shape index (κ2) is 26.7. The number of aliphatic imine (C=N–C) groups is 1. The summed E-state index contributed by atoms with van der Waals surface area (Å²) in [6.07, 6.45) is 10.9. The number of carbonyl (C=O) groups is 3. The summed E-state index contributed by atoms with van der Waals surface area (Å²) < 4.78 is 19.6. The van der Waals surface area contributed by atoms with Crippen LogP contribution in [0.3, 0.4) is 0 Å². The van der Waals surface area contributed by atoms with Gasteiger partial charge in [0.2, 0.25) is 29.7 Å². The zero-order valence-electron chi connectivity index (χ0n) is 36.7. The van der Waals surface area contributed by atoms with Gasteiger partial charge in [-0.25, -0.2) is 9.36 Å². The summed E-state index contributed by atoms with van der Waals surface area (Å²) in [5, 5.41) is 29.1. The summed E-state index contributed by atoms with van der Waals surface area (Å²) in [7, 11) is 0. The number of carbonyl (C=O) groups excluding carboxylic acids is 2. The van der Waals surface area contributed by atoms with Gasteiger partial charge in [0.1, 0.15) is 19.2 Å². The smallest absolute Gasteiger partial charge is 0.303 e. The van der Waals surface area contributed by atoms with Gasteiger partial charge in [0.25, 0.3) is 0 Å². The number of piperazine rings is 2. The molecule has 3 aromatic rings. The standard InChI is InChI=1S/C39H61N17O7.ClH/c1-4-20-61-22-24-63-25-23-62-21-11-43-37-44-38(53-16-12-51(13-17-53)32(57)28-55-26-30(47-49-55)7-6-10-42-36(40)41)46-39(45-37)54-18-14-52(15-19-54)35(60)34(29(3)5-2)56-27-31(48-50-56)8-9-33(58)59;/h1,26-27,29,34H,5-25,28H2,2-3H3,(H,58,59)(H4,40,41,42)(H,43,44,45,46);1H/t29-,34-;/m0./s1. The van der Waals surface area contributed by atoms with Crippen molar-refractivity contribution in [3.05, 3.63) is 23.8 Å². The fourth-order valence-electron chi connectivity index (χ4n) is 6.87. The number of hydrogen-bond donors (Lipinski definition) is 4. The highest BCUT2D eigenvalue weighted by molar-refractivity contribution is 5.85. The van der Waals surface area contributed by atoms with E-state index in [1.807, 2.05) is 28.5 Å². The molecule has 6 N–H and O–H groups in total. The van der Waals surface area contributed by atoms with Crippen LogP contribution in [0.1, 0.15) is 50.5 Å². The van der Waals surface area contributed by atoms with Crippen LogP contribution in [0.4, 0.5) is 17.8 Å². The minimum Gasteiger partial charge on any atom is -0.481 e. The van der Waals surface area contributed by atoms with Crippen LogP contribution in [-0.2, 0) is 48.0 Å². The molecule has 0 saturated carbocycles. The summed E-state index contributed by atoms with van der Waals surface area (Å²) in [4.78, 5) is 64.5. The zero-order chi connectivity index (χ0) is 45.0. The average molecular weight is 916 g/mol. The molecule has 2 aliphatic rings. The number of ether oxygens (including phenoxy) is 3. The first-order valence-electron chi connectivity index (χ1n) is 21.3. The zero-order valence-corrected chi connectivity index (χ0v) is 37.5. The Morgan fingerprint density at radius 1 is 0.859 bits per heavy atom. The molecular formula is C39H62ClN17O7. The molecule has 3 aromatic heterocycles. The fraction of sp³-hybridized carbons (Fsp3) is 0.667. The van der Waals surface area contributed by atoms with Crippen molar-refractivity contribution in [3.63, 3.8) is 0 Å². The molecule has 2 fully saturated rings. The van der Waals surface area contributed by atoms with Gasteiger partial charge in [-0.15, -0.1) is 29.0 Å². The molecule has 25 heteroatoms. The van der Waals surface area contributed by atoms with E-state index in [0.29, 0.717) is 135 Å². The highest BCUT2D eigenvalue weighted by Gasteiger charge is 2.34. The van der Waals surface area contributed by atoms with Gasteiger partial charge in [0.15, 0.2) is 5.96 Å². The first-order valence-corrected chi connectivity index (χ1v) is 21.3. The monoisotopic (exact) mass is 915 g/mol. The van der Waals surface area contributed by atoms with Crippen LogP contribution in [-0.4, -0.2) is 189 Å². The van der Waals surface area contributed by atoms with Crippen molar-refractivity contribution in [1.29, 1.82) is 0 Å². The molecule has 5 heterocycles. The minimum atomic E-state index is -0.922. The van der Waals surface area contributed by atoms with Crippen molar-refractivity contribution in [1.82, 2.24) is 54.7 Å². The second-order valence-corrected chi connectivity index (χ2v) is 15.1. The number of hydrogen-bond acceptors (Lipinski definition) is 17. The second-order valence-electron chi connectivity index (χ2n) is 15.1. The SMILES string of the molecule is C#CCOCCOCCOCCNc1nc(N2CCN(C(=O)Cn3cc(CCCN=C(N)N)nn3)CC2)nc(N2CCN(C(=O)[C@H]([C@@H](C)CC)n3cc(CCC(=O)O)nn3)CC2)n1.Cl. The number of aromatic nitrogens is 9. The molecule has 5 rings (SSSR count). The Morgan fingerprint density at radius 3 is 2.09 bits per heavy atom. The number of nitrogens with two attached hydrogens (primary N) is 2. The van der Waals surface area contributed by atoms with E-state index in [4.69, 9.17) is 52.2 Å². The molecule has 0 aliphatic carbocycles. The van der Waals surface area contributed by atoms with Crippen LogP contribution < -0.4 is 26.6 Å². The van der Waals surface area contributed by atoms with Crippen LogP contribution in [0, 0.1) is 18.3 Å². The van der Waals surface area contributed by atoms with Crippen LogP contribution in [0.25, 0.3) is 0 Å². The van der Waals surface area contributed by atoms with Gasteiger partial charge in [-0.05, 0) is 18.8 Å². The molecule has 64 heavy (non-hydrogen) atoms. The lowest BCUT2D eigenvalue weighted by atomic mass is 9.97. The molecule has 0 aromatic carbocycles. The lowest BCUT2D eigenvalue weighted by Crippen LogP contribution is -2.52. The molecule has 2 atom stereocenters. The van der Waals surface area contributed by atoms with Crippen molar-refractivity contribution in [3.8, 4) is 12.3 Å². The van der Waals surface area contributed by atoms with E-state index < -0.39 is 12.0 Å². The van der Waals surface area contributed by atoms with Crippen LogP contribution in [0.15, 0.2) is 17.4 Å². The number of terminal acetylenes is 1. The average Bonchev–Trinajstić information content (AvgIpc) is 3.95. The summed E-state index contributed by atoms with van der Waals surface area (Å²) in [6.45, 7) is 11.0. The maximum Gasteiger partial charge on any atom is 0.303 e. The molecule has 0 unspecified atom stereocenters. The molecule has 2 saturated heterocycles. The van der Waals surface area contributed by atoms with E-state index in [1.165, 1.54) is 0 Å². The van der Waals surface area contributed by atoms with E-state index in [0.717, 1.165) is 12.1 Å². The number of guanidine groups is 1. The Balaban J connectivity index is 0.00000898. The number of aliphatic carboxylic acids is 1. The van der Waals surface area contributed by atoms with Crippen LogP contribution in [0.2, 0.25) is 0 Å². The molecular weight excluding hydrogens is 854 g/mol. The number of nitrogens with one attached hydrogen (secondary N) is 1. The van der Waals surface area contributed by atoms with Gasteiger partial charge in [-0.1, -0.05) is 36.6 Å². The van der Waals surface area contributed by atoms with Gasteiger partial charge >= 0.3 is 5.97 Å². The van der Waals surface area contributed by atoms with E-state index in [-0.39, 0.29) is 62.1 Å². The van der Waals surface area contributed by atoms with Crippen molar-refractivity contribution >= 4 is 54.0 Å².